The number of rotatable bonds is 15. The Bertz CT molecular complexity index is 2660. The lowest BCUT2D eigenvalue weighted by molar-refractivity contribution is -0.158. The Morgan fingerprint density at radius 2 is 1.82 bits per heavy atom. The number of aliphatic hydroxyl groups is 2. The Labute approximate surface area is 438 Å². The van der Waals surface area contributed by atoms with Gasteiger partial charge in [0.25, 0.3) is 5.60 Å². The second-order valence-electron chi connectivity index (χ2n) is 23.5. The molecule has 7 aliphatic rings. The molecule has 0 amide bonds. The van der Waals surface area contributed by atoms with Crippen molar-refractivity contribution in [1.29, 1.82) is 0 Å². The summed E-state index contributed by atoms with van der Waals surface area (Å²) in [6, 6.07) is 11.3. The van der Waals surface area contributed by atoms with Crippen LogP contribution in [-0.4, -0.2) is 94.0 Å². The van der Waals surface area contributed by atoms with Gasteiger partial charge in [0.2, 0.25) is 5.78 Å². The van der Waals surface area contributed by atoms with E-state index in [1.54, 1.807) is 6.07 Å². The van der Waals surface area contributed by atoms with Gasteiger partial charge in [0, 0.05) is 48.5 Å². The van der Waals surface area contributed by atoms with Crippen LogP contribution < -0.4 is 21.7 Å². The Hall–Kier alpha value is -5.05. The van der Waals surface area contributed by atoms with Gasteiger partial charge in [0.05, 0.1) is 12.8 Å². The van der Waals surface area contributed by atoms with Crippen LogP contribution in [0.2, 0.25) is 0 Å². The first-order valence-electron chi connectivity index (χ1n) is 28.1. The molecule has 13 heteroatoms. The second-order valence-corrected chi connectivity index (χ2v) is 23.5. The van der Waals surface area contributed by atoms with Crippen LogP contribution in [0.1, 0.15) is 160 Å². The smallest absolute Gasteiger partial charge is 0.350 e. The molecule has 5 heterocycles. The summed E-state index contributed by atoms with van der Waals surface area (Å²) < 4.78 is 13.6. The number of aliphatic hydroxyl groups excluding tert-OH is 2. The van der Waals surface area contributed by atoms with Gasteiger partial charge < -0.3 is 41.4 Å². The average Bonchev–Trinajstić information content (AvgIpc) is 4.12. The van der Waals surface area contributed by atoms with Crippen LogP contribution in [0.3, 0.4) is 0 Å². The van der Waals surface area contributed by atoms with Crippen LogP contribution in [0.5, 0.6) is 0 Å². The van der Waals surface area contributed by atoms with Crippen LogP contribution in [0.15, 0.2) is 83.7 Å². The summed E-state index contributed by atoms with van der Waals surface area (Å²) in [6.07, 6.45) is 26.8. The Balaban J connectivity index is 1.04. The number of benzene rings is 1. The van der Waals surface area contributed by atoms with Crippen LogP contribution in [0.25, 0.3) is 0 Å². The number of allylic oxidation sites excluding steroid dienone is 4. The van der Waals surface area contributed by atoms with Gasteiger partial charge in [-0.1, -0.05) is 87.1 Å². The van der Waals surface area contributed by atoms with E-state index in [0.29, 0.717) is 67.3 Å². The number of carbonyl (C=O) groups excluding carboxylic acids is 3. The molecule has 396 valence electrons. The van der Waals surface area contributed by atoms with Crippen molar-refractivity contribution in [3.8, 4) is 0 Å². The molecule has 7 N–H and O–H groups in total. The SMILES string of the molecule is CN[C@H]1CCc2c(CC/C(C)=C(\CO)C[C@@]34O[C@@]35C(=O)O[C@H](CCCO)[C@H]3C[C@@H]6C(=C[C@H]3NCC3CCCCC3)C=CC[C@@H]6CCCC[C@](C)(Cc3ccc(N)nc3)Cc3cccc(c3C5=O)C4=O)ccnc2N1. The number of aryl methyl sites for hydroxylation is 1. The van der Waals surface area contributed by atoms with Crippen LogP contribution in [-0.2, 0) is 40.0 Å². The predicted octanol–water partition coefficient (Wildman–Crippen LogP) is 8.91. The van der Waals surface area contributed by atoms with Crippen molar-refractivity contribution in [2.24, 2.45) is 29.1 Å². The highest BCUT2D eigenvalue weighted by atomic mass is 16.7. The number of ether oxygens (including phenoxy) is 2. The van der Waals surface area contributed by atoms with Gasteiger partial charge in [-0.2, -0.15) is 0 Å². The molecule has 10 rings (SSSR count). The monoisotopic (exact) mass is 1010 g/mol. The number of epoxide rings is 1. The van der Waals surface area contributed by atoms with Crippen LogP contribution in [0, 0.1) is 29.1 Å². The molecule has 1 saturated heterocycles. The summed E-state index contributed by atoms with van der Waals surface area (Å²) in [7, 11) is 1.94. The van der Waals surface area contributed by atoms with E-state index in [2.05, 4.69) is 51.1 Å². The number of nitrogens with one attached hydrogen (secondary N) is 3. The van der Waals surface area contributed by atoms with Gasteiger partial charge in [-0.05, 0) is 179 Å². The largest absolute Gasteiger partial charge is 0.459 e. The lowest BCUT2D eigenvalue weighted by Crippen LogP contribution is -2.54. The average molecular weight is 1010 g/mol. The lowest BCUT2D eigenvalue weighted by Gasteiger charge is -2.43. The van der Waals surface area contributed by atoms with Crippen molar-refractivity contribution in [2.75, 3.05) is 37.9 Å². The van der Waals surface area contributed by atoms with Crippen LogP contribution >= 0.6 is 0 Å². The highest BCUT2D eigenvalue weighted by Crippen LogP contribution is 2.61. The lowest BCUT2D eigenvalue weighted by atomic mass is 9.66. The van der Waals surface area contributed by atoms with Crippen molar-refractivity contribution in [3.63, 3.8) is 0 Å². The minimum atomic E-state index is -2.27. The summed E-state index contributed by atoms with van der Waals surface area (Å²) in [5, 5.41) is 32.4. The summed E-state index contributed by atoms with van der Waals surface area (Å²) in [6.45, 7) is 4.62. The molecule has 4 bridgehead atoms. The minimum absolute atomic E-state index is 0.0824. The number of pyridine rings is 2. The number of anilines is 2. The van der Waals surface area contributed by atoms with E-state index in [4.69, 9.17) is 15.2 Å². The number of fused-ring (bicyclic) bond motifs is 2. The molecule has 1 spiro atoms. The number of carbonyl (C=O) groups is 3. The zero-order valence-electron chi connectivity index (χ0n) is 44.1. The first-order chi connectivity index (χ1) is 35.9. The van der Waals surface area contributed by atoms with Gasteiger partial charge in [-0.15, -0.1) is 0 Å². The zero-order valence-corrected chi connectivity index (χ0v) is 44.1. The Morgan fingerprint density at radius 1 is 0.986 bits per heavy atom. The number of ketones is 2. The number of nitrogen functional groups attached to an aromatic ring is 1. The van der Waals surface area contributed by atoms with Gasteiger partial charge in [-0.3, -0.25) is 9.59 Å². The van der Waals surface area contributed by atoms with Crippen molar-refractivity contribution >= 4 is 29.2 Å². The molecule has 0 unspecified atom stereocenters. The molecule has 2 fully saturated rings. The Morgan fingerprint density at radius 3 is 2.61 bits per heavy atom. The maximum atomic E-state index is 16.0. The van der Waals surface area contributed by atoms with E-state index in [1.165, 1.54) is 43.2 Å². The van der Waals surface area contributed by atoms with Crippen molar-refractivity contribution in [3.05, 3.63) is 117 Å². The number of Topliss-reactive ketones (excluding diaryl/α,β-unsaturated/α-hetero) is 2. The third kappa shape index (κ3) is 10.3. The highest BCUT2D eigenvalue weighted by Gasteiger charge is 2.86. The molecule has 2 aromatic heterocycles. The number of nitrogens with two attached hydrogens (primary N) is 1. The molecule has 13 nitrogen and oxygen atoms in total. The topological polar surface area (TPSA) is 201 Å². The van der Waals surface area contributed by atoms with E-state index < -0.39 is 34.8 Å². The third-order valence-corrected chi connectivity index (χ3v) is 18.5. The molecular formula is C61H80N6O7. The molecule has 9 atom stereocenters. The molecule has 1 saturated carbocycles. The normalized spacial score (nSPS) is 31.3. The highest BCUT2D eigenvalue weighted by molar-refractivity contribution is 6.33. The minimum Gasteiger partial charge on any atom is -0.459 e. The van der Waals surface area contributed by atoms with Crippen LogP contribution in [0.4, 0.5) is 11.6 Å². The summed E-state index contributed by atoms with van der Waals surface area (Å²) >= 11 is 0. The van der Waals surface area contributed by atoms with Gasteiger partial charge in [0.15, 0.2) is 11.4 Å². The predicted molar refractivity (Wildman–Crippen MR) is 288 cm³/mol. The number of hydrogen-bond acceptors (Lipinski definition) is 13. The van der Waals surface area contributed by atoms with Gasteiger partial charge >= 0.3 is 5.97 Å². The molecule has 3 aromatic rings. The number of esters is 1. The van der Waals surface area contributed by atoms with Crippen molar-refractivity contribution in [2.45, 2.75) is 172 Å². The van der Waals surface area contributed by atoms with E-state index >= 15 is 14.4 Å². The van der Waals surface area contributed by atoms with E-state index in [9.17, 15) is 10.2 Å². The van der Waals surface area contributed by atoms with Gasteiger partial charge in [-0.25, -0.2) is 14.8 Å². The van der Waals surface area contributed by atoms with E-state index in [1.807, 2.05) is 56.7 Å². The zero-order chi connectivity index (χ0) is 51.6. The number of aromatic nitrogens is 2. The number of nitrogens with zero attached hydrogens (tertiary/aromatic N) is 2. The van der Waals surface area contributed by atoms with E-state index in [-0.39, 0.29) is 60.2 Å². The number of cyclic esters (lactones) is 1. The van der Waals surface area contributed by atoms with Crippen molar-refractivity contribution in [1.82, 2.24) is 20.6 Å². The quantitative estimate of drug-likeness (QED) is 0.0365. The summed E-state index contributed by atoms with van der Waals surface area (Å²) in [5.41, 5.74) is 8.78. The molecule has 0 radical (unpaired) electrons. The second kappa shape index (κ2) is 22.3. The molecule has 3 aliphatic heterocycles. The summed E-state index contributed by atoms with van der Waals surface area (Å²) in [4.78, 5) is 56.4. The third-order valence-electron chi connectivity index (χ3n) is 18.5. The Kier molecular flexibility index (Phi) is 15.8. The van der Waals surface area contributed by atoms with Crippen molar-refractivity contribution < 1.29 is 34.1 Å². The first kappa shape index (κ1) is 52.4. The fourth-order valence-corrected chi connectivity index (χ4v) is 14.3. The standard InChI is InChI=1S/C61H80N6O7/c1-38(20-22-42-26-28-64-57-46(42)23-25-53(63-3)67-57)45(37-69)34-60-55(70)47-18-10-17-44-33-59(2,32-40-21-24-52(62)66-36-40)27-8-7-14-41-15-9-16-43-30-50(65-35-39-12-5-4-6-13-39)49(31-48(41)43)51(19-11-29-68)73-58(72)61(60,74-60)56(71)54(44)47/h9-10,16-18,21,24,26,28,30,36,39,41,48-51,53,63,65,68-69H,4-8,11-15,19-20,22-23,25,27,29,31-35,37H2,1-3H3,(H2,62,66)(H,64,67)/b45-38-/t41-,48-,49-,50+,51+,53+,59+,60-,61-/m0/s1. The molecule has 74 heavy (non-hydrogen) atoms. The maximum Gasteiger partial charge on any atom is 0.350 e. The maximum absolute atomic E-state index is 16.0. The molecular weight excluding hydrogens is 929 g/mol. The fourth-order valence-electron chi connectivity index (χ4n) is 14.3. The number of hydrogen-bond donors (Lipinski definition) is 6. The van der Waals surface area contributed by atoms with E-state index in [0.717, 1.165) is 80.4 Å². The molecule has 1 aromatic carbocycles. The van der Waals surface area contributed by atoms with Gasteiger partial charge in [0.1, 0.15) is 17.7 Å². The first-order valence-corrected chi connectivity index (χ1v) is 28.1. The molecule has 4 aliphatic carbocycles. The fraction of sp³-hybridized carbons (Fsp3) is 0.590. The summed E-state index contributed by atoms with van der Waals surface area (Å²) in [5.74, 6) is 0.552.